The Hall–Kier alpha value is -1.30. The lowest BCUT2D eigenvalue weighted by Gasteiger charge is -2.66. The molecule has 5 aliphatic rings. The highest BCUT2D eigenvalue weighted by Gasteiger charge is 2.76. The standard InChI is InChI=1S/C25H34O5/c1-14(2)30-20-11-24-13-29-25(24,21(28)12-26)8-6-18(24)17-9-15(3)19-10-16(27)5-7-23(19,4)22(17)20/h5,7,10,14-15,17-18,20,22,26H,6,8-9,11-13H2,1-4H3/t15-,17-,18-,20?,22+,23-,24+,25-/m0/s1. The minimum Gasteiger partial charge on any atom is -0.388 e. The van der Waals surface area contributed by atoms with Crippen LogP contribution in [-0.4, -0.2) is 47.7 Å². The molecule has 1 N–H and O–H groups in total. The number of hydrogen-bond acceptors (Lipinski definition) is 5. The monoisotopic (exact) mass is 414 g/mol. The SMILES string of the molecule is CC(C)OC1C[C@]23CO[C@]2(C(=O)CO)CC[C@H]3[C@@H]2C[C@H](C)C3=CC(=O)C=C[C@]3(C)[C@@H]12. The first-order chi connectivity index (χ1) is 14.2. The molecule has 4 fully saturated rings. The van der Waals surface area contributed by atoms with E-state index in [1.165, 1.54) is 5.57 Å². The molecule has 1 saturated heterocycles. The number of carbonyl (C=O) groups excluding carboxylic acids is 2. The van der Waals surface area contributed by atoms with Crippen LogP contribution < -0.4 is 0 Å². The molecular formula is C25H34O5. The van der Waals surface area contributed by atoms with Gasteiger partial charge in [0.25, 0.3) is 0 Å². The van der Waals surface area contributed by atoms with Crippen molar-refractivity contribution in [3.05, 3.63) is 23.8 Å². The molecule has 0 bridgehead atoms. The Morgan fingerprint density at radius 2 is 2.17 bits per heavy atom. The highest BCUT2D eigenvalue weighted by molar-refractivity contribution is 6.01. The number of ketones is 2. The van der Waals surface area contributed by atoms with Crippen molar-refractivity contribution in [3.63, 3.8) is 0 Å². The van der Waals surface area contributed by atoms with Crippen LogP contribution in [0.5, 0.6) is 0 Å². The second-order valence-electron chi connectivity index (χ2n) is 10.9. The molecule has 0 amide bonds. The Balaban J connectivity index is 1.61. The maximum atomic E-state index is 12.9. The molecule has 1 spiro atoms. The van der Waals surface area contributed by atoms with Crippen LogP contribution in [-0.2, 0) is 19.1 Å². The van der Waals surface area contributed by atoms with Crippen molar-refractivity contribution in [1.82, 2.24) is 0 Å². The molecule has 0 aromatic heterocycles. The van der Waals surface area contributed by atoms with Gasteiger partial charge in [-0.05, 0) is 69.4 Å². The quantitative estimate of drug-likeness (QED) is 0.764. The Bertz CT molecular complexity index is 842. The summed E-state index contributed by atoms with van der Waals surface area (Å²) in [6, 6.07) is 0. The number of aliphatic hydroxyl groups excluding tert-OH is 1. The van der Waals surface area contributed by atoms with Gasteiger partial charge in [0.05, 0.1) is 18.8 Å². The zero-order valence-corrected chi connectivity index (χ0v) is 18.5. The van der Waals surface area contributed by atoms with Gasteiger partial charge in [-0.2, -0.15) is 0 Å². The molecule has 0 aromatic carbocycles. The molecule has 30 heavy (non-hydrogen) atoms. The molecule has 1 unspecified atom stereocenters. The van der Waals surface area contributed by atoms with Crippen molar-refractivity contribution in [1.29, 1.82) is 0 Å². The molecule has 5 heteroatoms. The minimum absolute atomic E-state index is 0.00197. The number of fused-ring (bicyclic) bond motifs is 4. The largest absolute Gasteiger partial charge is 0.388 e. The molecule has 0 aromatic rings. The van der Waals surface area contributed by atoms with Gasteiger partial charge in [0, 0.05) is 16.7 Å². The van der Waals surface area contributed by atoms with E-state index >= 15 is 0 Å². The van der Waals surface area contributed by atoms with E-state index in [0.717, 1.165) is 19.3 Å². The third-order valence-electron chi connectivity index (χ3n) is 9.25. The summed E-state index contributed by atoms with van der Waals surface area (Å²) in [5.41, 5.74) is -0.00728. The maximum Gasteiger partial charge on any atom is 0.190 e. The van der Waals surface area contributed by atoms with Gasteiger partial charge in [-0.3, -0.25) is 9.59 Å². The number of hydrogen-bond donors (Lipinski definition) is 1. The van der Waals surface area contributed by atoms with E-state index < -0.39 is 12.2 Å². The minimum atomic E-state index is -0.825. The third kappa shape index (κ3) is 2.40. The van der Waals surface area contributed by atoms with Crippen LogP contribution in [0.2, 0.25) is 0 Å². The molecule has 3 saturated carbocycles. The summed E-state index contributed by atoms with van der Waals surface area (Å²) in [7, 11) is 0. The zero-order valence-electron chi connectivity index (χ0n) is 18.5. The smallest absolute Gasteiger partial charge is 0.190 e. The first-order valence-electron chi connectivity index (χ1n) is 11.6. The normalized spacial score (nSPS) is 48.9. The molecule has 1 heterocycles. The molecule has 5 nitrogen and oxygen atoms in total. The first kappa shape index (κ1) is 20.6. The van der Waals surface area contributed by atoms with Gasteiger partial charge < -0.3 is 14.6 Å². The van der Waals surface area contributed by atoms with Crippen molar-refractivity contribution >= 4 is 11.6 Å². The highest BCUT2D eigenvalue weighted by Crippen LogP contribution is 2.72. The lowest BCUT2D eigenvalue weighted by molar-refractivity contribution is -0.293. The van der Waals surface area contributed by atoms with Crippen LogP contribution in [0.25, 0.3) is 0 Å². The summed E-state index contributed by atoms with van der Waals surface area (Å²) in [6.45, 7) is 8.80. The van der Waals surface area contributed by atoms with Crippen LogP contribution in [0.4, 0.5) is 0 Å². The Kier molecular flexibility index (Phi) is 4.53. The fourth-order valence-corrected chi connectivity index (χ4v) is 8.28. The molecule has 164 valence electrons. The van der Waals surface area contributed by atoms with Crippen molar-refractivity contribution in [2.24, 2.45) is 34.5 Å². The zero-order chi connectivity index (χ0) is 21.5. The van der Waals surface area contributed by atoms with E-state index in [4.69, 9.17) is 9.47 Å². The summed E-state index contributed by atoms with van der Waals surface area (Å²) in [5, 5.41) is 9.70. The van der Waals surface area contributed by atoms with E-state index in [1.54, 1.807) is 6.08 Å². The first-order valence-corrected chi connectivity index (χ1v) is 11.6. The van der Waals surface area contributed by atoms with Gasteiger partial charge in [-0.1, -0.05) is 25.5 Å². The summed E-state index contributed by atoms with van der Waals surface area (Å²) >= 11 is 0. The van der Waals surface area contributed by atoms with Gasteiger partial charge in [-0.25, -0.2) is 0 Å². The number of allylic oxidation sites excluding steroid dienone is 4. The van der Waals surface area contributed by atoms with E-state index in [-0.39, 0.29) is 40.5 Å². The summed E-state index contributed by atoms with van der Waals surface area (Å²) in [4.78, 5) is 25.0. The Labute approximate surface area is 178 Å². The second kappa shape index (κ2) is 6.60. The van der Waals surface area contributed by atoms with Crippen LogP contribution in [0, 0.1) is 34.5 Å². The van der Waals surface area contributed by atoms with Crippen LogP contribution >= 0.6 is 0 Å². The van der Waals surface area contributed by atoms with Gasteiger partial charge in [0.2, 0.25) is 0 Å². The second-order valence-corrected chi connectivity index (χ2v) is 10.9. The number of rotatable bonds is 4. The summed E-state index contributed by atoms with van der Waals surface area (Å²) < 4.78 is 12.6. The molecule has 5 rings (SSSR count). The fraction of sp³-hybridized carbons (Fsp3) is 0.760. The molecule has 8 atom stereocenters. The third-order valence-corrected chi connectivity index (χ3v) is 9.25. The number of ether oxygens (including phenoxy) is 2. The number of aliphatic hydroxyl groups is 1. The predicted octanol–water partition coefficient (Wildman–Crippen LogP) is 3.25. The molecule has 4 aliphatic carbocycles. The van der Waals surface area contributed by atoms with Gasteiger partial charge >= 0.3 is 0 Å². The maximum absolute atomic E-state index is 12.9. The Morgan fingerprint density at radius 1 is 1.40 bits per heavy atom. The summed E-state index contributed by atoms with van der Waals surface area (Å²) in [5.74, 6) is 1.34. The summed E-state index contributed by atoms with van der Waals surface area (Å²) in [6.07, 6.45) is 9.28. The average Bonchev–Trinajstić information content (AvgIpc) is 2.90. The van der Waals surface area contributed by atoms with Crippen molar-refractivity contribution in [2.45, 2.75) is 71.2 Å². The van der Waals surface area contributed by atoms with Crippen molar-refractivity contribution in [2.75, 3.05) is 13.2 Å². The van der Waals surface area contributed by atoms with E-state index in [0.29, 0.717) is 30.8 Å². The molecule has 1 aliphatic heterocycles. The van der Waals surface area contributed by atoms with Gasteiger partial charge in [-0.15, -0.1) is 0 Å². The molecule has 0 radical (unpaired) electrons. The topological polar surface area (TPSA) is 72.8 Å². The predicted molar refractivity (Wildman–Crippen MR) is 112 cm³/mol. The van der Waals surface area contributed by atoms with Crippen molar-refractivity contribution in [3.8, 4) is 0 Å². The fourth-order valence-electron chi connectivity index (χ4n) is 8.28. The average molecular weight is 415 g/mol. The van der Waals surface area contributed by atoms with E-state index in [2.05, 4.69) is 33.8 Å². The highest BCUT2D eigenvalue weighted by atomic mass is 16.5. The van der Waals surface area contributed by atoms with Crippen molar-refractivity contribution < 1.29 is 24.2 Å². The molecular weight excluding hydrogens is 380 g/mol. The lowest BCUT2D eigenvalue weighted by atomic mass is 9.43. The van der Waals surface area contributed by atoms with E-state index in [1.807, 2.05) is 6.08 Å². The number of carbonyl (C=O) groups is 2. The Morgan fingerprint density at radius 3 is 2.80 bits per heavy atom. The van der Waals surface area contributed by atoms with Gasteiger partial charge in [0.15, 0.2) is 11.6 Å². The number of Topliss-reactive ketones (excluding diaryl/α,β-unsaturated/α-hetero) is 1. The van der Waals surface area contributed by atoms with E-state index in [9.17, 15) is 14.7 Å². The van der Waals surface area contributed by atoms with Crippen LogP contribution in [0.3, 0.4) is 0 Å². The van der Waals surface area contributed by atoms with Gasteiger partial charge in [0.1, 0.15) is 12.2 Å². The van der Waals surface area contributed by atoms with Crippen LogP contribution in [0.15, 0.2) is 23.8 Å². The lowest BCUT2D eigenvalue weighted by Crippen LogP contribution is -2.72. The van der Waals surface area contributed by atoms with Crippen LogP contribution in [0.1, 0.15) is 53.4 Å².